The zero-order chi connectivity index (χ0) is 56.0. The number of aliphatic hydroxyl groups excluding tert-OH is 3. The Bertz CT molecular complexity index is 2100. The van der Waals surface area contributed by atoms with E-state index in [4.69, 9.17) is 37.9 Å². The molecule has 434 valence electrons. The van der Waals surface area contributed by atoms with Crippen LogP contribution in [-0.4, -0.2) is 208 Å². The number of ether oxygens (including phenoxy) is 8. The Kier molecular flexibility index (Phi) is 21.9. The third kappa shape index (κ3) is 14.4. The molecule has 6 rings (SSSR count). The van der Waals surface area contributed by atoms with Gasteiger partial charge < -0.3 is 73.2 Å². The highest BCUT2D eigenvalue weighted by Gasteiger charge is 2.53. The van der Waals surface area contributed by atoms with Crippen LogP contribution in [0.3, 0.4) is 0 Å². The molecule has 0 unspecified atom stereocenters. The van der Waals surface area contributed by atoms with E-state index in [0.29, 0.717) is 37.5 Å². The van der Waals surface area contributed by atoms with Gasteiger partial charge in [-0.3, -0.25) is 4.79 Å². The van der Waals surface area contributed by atoms with Crippen molar-refractivity contribution in [1.29, 1.82) is 0 Å². The Hall–Kier alpha value is -2.80. The fourth-order valence-electron chi connectivity index (χ4n) is 12.5. The number of esters is 1. The third-order valence-corrected chi connectivity index (χ3v) is 17.4. The first kappa shape index (κ1) is 62.4. The van der Waals surface area contributed by atoms with Crippen LogP contribution in [0.2, 0.25) is 0 Å². The number of likely N-dealkylation sites (N-methyl/N-ethyl adjacent to an activating group) is 2. The second kappa shape index (κ2) is 26.6. The van der Waals surface area contributed by atoms with Gasteiger partial charge in [-0.25, -0.2) is 9.07 Å². The lowest BCUT2D eigenvalue weighted by atomic mass is 9.77. The number of rotatable bonds is 16. The zero-order valence-electron chi connectivity index (χ0n) is 47.8. The summed E-state index contributed by atoms with van der Waals surface area (Å²) in [6.07, 6.45) is -5.91. The molecular formula is C56H94FN5O14. The summed E-state index contributed by atoms with van der Waals surface area (Å²) >= 11 is 0. The second-order valence-electron chi connectivity index (χ2n) is 23.6. The van der Waals surface area contributed by atoms with Crippen molar-refractivity contribution in [2.75, 3.05) is 61.3 Å². The van der Waals surface area contributed by atoms with E-state index in [0.717, 1.165) is 31.6 Å². The molecule has 0 radical (unpaired) electrons. The number of alkyl halides is 1. The molecule has 5 N–H and O–H groups in total. The standard InChI is InChI=1S/C56H94FN5O14/c1-15-44-56(10,68)49(64)36(6)61(12)30-32(2)27-54(8,67)51(34(4)47(35(5)52(66)74-44)75-45-28-55(9,70-14)50(65)37(7)73-45)76-53-46(63)42(26-33(3)72-53)60(11)23-20-41-31-62(59-58-41)43(29-57)48(69-13)40-18-16-38(17-19-40)39-21-24-71-25-22-39/h16-19,31-37,39,42-51,53,63-65,67-68H,15,20-30H2,1-14H3/t32-,33-,34+,35-,36-,37+,42+,43-,44-,45+,46-,47+,48-,49-,50+,51-,53+,54-,55-,56-/m1/s1. The largest absolute Gasteiger partial charge is 0.459 e. The predicted octanol–water partition coefficient (Wildman–Crippen LogP) is 4.90. The topological polar surface area (TPSA) is 229 Å². The predicted molar refractivity (Wildman–Crippen MR) is 281 cm³/mol. The van der Waals surface area contributed by atoms with Gasteiger partial charge in [0, 0.05) is 77.6 Å². The molecule has 1 aromatic carbocycles. The molecule has 5 heterocycles. The summed E-state index contributed by atoms with van der Waals surface area (Å²) in [5.74, 6) is -2.43. The lowest BCUT2D eigenvalue weighted by Crippen LogP contribution is -2.61. The van der Waals surface area contributed by atoms with Crippen LogP contribution in [-0.2, 0) is 49.1 Å². The zero-order valence-corrected chi connectivity index (χ0v) is 47.8. The van der Waals surface area contributed by atoms with Gasteiger partial charge in [-0.15, -0.1) is 5.10 Å². The minimum atomic E-state index is -1.85. The number of cyclic esters (lactones) is 1. The van der Waals surface area contributed by atoms with Crippen LogP contribution >= 0.6 is 0 Å². The lowest BCUT2D eigenvalue weighted by Gasteiger charge is -2.49. The maximum Gasteiger partial charge on any atom is 0.311 e. The van der Waals surface area contributed by atoms with Crippen LogP contribution in [0.25, 0.3) is 0 Å². The quantitative estimate of drug-likeness (QED) is 0.141. The van der Waals surface area contributed by atoms with E-state index in [2.05, 4.69) is 22.4 Å². The average Bonchev–Trinajstić information content (AvgIpc) is 3.87. The fraction of sp³-hybridized carbons (Fsp3) is 0.839. The van der Waals surface area contributed by atoms with Gasteiger partial charge in [-0.05, 0) is 118 Å². The van der Waals surface area contributed by atoms with Crippen LogP contribution in [0, 0.1) is 17.8 Å². The van der Waals surface area contributed by atoms with Gasteiger partial charge in [0.1, 0.15) is 48.8 Å². The molecule has 20 atom stereocenters. The van der Waals surface area contributed by atoms with Crippen molar-refractivity contribution in [2.45, 2.75) is 223 Å². The number of carbonyl (C=O) groups excluding carboxylic acids is 1. The van der Waals surface area contributed by atoms with E-state index in [9.17, 15) is 34.7 Å². The van der Waals surface area contributed by atoms with Crippen LogP contribution in [0.1, 0.15) is 143 Å². The molecule has 19 nitrogen and oxygen atoms in total. The summed E-state index contributed by atoms with van der Waals surface area (Å²) in [5.41, 5.74) is -1.89. The molecule has 4 fully saturated rings. The van der Waals surface area contributed by atoms with Crippen LogP contribution in [0.15, 0.2) is 30.5 Å². The van der Waals surface area contributed by atoms with Gasteiger partial charge in [-0.1, -0.05) is 50.3 Å². The van der Waals surface area contributed by atoms with Crippen molar-refractivity contribution in [3.63, 3.8) is 0 Å². The number of benzene rings is 1. The normalized spacial score (nSPS) is 40.0. The maximum absolute atomic E-state index is 14.9. The average molecular weight is 1080 g/mol. The van der Waals surface area contributed by atoms with Gasteiger partial charge in [0.15, 0.2) is 12.6 Å². The monoisotopic (exact) mass is 1080 g/mol. The molecule has 0 aliphatic carbocycles. The summed E-state index contributed by atoms with van der Waals surface area (Å²) in [7, 11) is 6.80. The van der Waals surface area contributed by atoms with Crippen molar-refractivity contribution in [3.05, 3.63) is 47.3 Å². The molecule has 0 spiro atoms. The Morgan fingerprint density at radius 1 is 0.947 bits per heavy atom. The number of carbonyl (C=O) groups is 1. The summed E-state index contributed by atoms with van der Waals surface area (Å²) in [5, 5.41) is 68.7. The van der Waals surface area contributed by atoms with E-state index in [1.165, 1.54) is 24.3 Å². The van der Waals surface area contributed by atoms with E-state index < -0.39 is 127 Å². The SMILES string of the molecule is CC[C@H]1OC(=O)[C@H](C)[C@@H](O[C@H]2C[C@@](C)(OC)[C@@H](O)[C@H](C)O2)[C@H](C)[C@@H](O[C@@H]2O[C@H](C)C[C@H](N(C)CCc3cn([C@H](CF)[C@H](OC)c4ccc(C5CCOCC5)cc4)nn3)[C@H]2O)[C@](C)(O)C[C@@H](C)CN(C)[C@H](C)[C@@H](O)[C@]1(C)O. The number of aliphatic hydroxyl groups is 5. The number of methoxy groups -OCH3 is 2. The number of hydrogen-bond acceptors (Lipinski definition) is 18. The number of hydrogen-bond donors (Lipinski definition) is 5. The minimum absolute atomic E-state index is 0.0871. The highest BCUT2D eigenvalue weighted by atomic mass is 19.1. The summed E-state index contributed by atoms with van der Waals surface area (Å²) < 4.78 is 66.3. The van der Waals surface area contributed by atoms with E-state index in [-0.39, 0.29) is 25.2 Å². The van der Waals surface area contributed by atoms with Crippen molar-refractivity contribution in [3.8, 4) is 0 Å². The fourth-order valence-corrected chi connectivity index (χ4v) is 12.5. The van der Waals surface area contributed by atoms with Crippen molar-refractivity contribution < 1.29 is 72.6 Å². The summed E-state index contributed by atoms with van der Waals surface area (Å²) in [4.78, 5) is 18.5. The maximum atomic E-state index is 14.9. The molecule has 20 heteroatoms. The van der Waals surface area contributed by atoms with E-state index >= 15 is 0 Å². The van der Waals surface area contributed by atoms with Gasteiger partial charge in [0.25, 0.3) is 0 Å². The highest BCUT2D eigenvalue weighted by Crippen LogP contribution is 2.41. The van der Waals surface area contributed by atoms with E-state index in [1.807, 2.05) is 49.9 Å². The third-order valence-electron chi connectivity index (χ3n) is 17.4. The van der Waals surface area contributed by atoms with Gasteiger partial charge in [0.2, 0.25) is 0 Å². The molecule has 0 saturated carbocycles. The van der Waals surface area contributed by atoms with Crippen LogP contribution in [0.5, 0.6) is 0 Å². The Morgan fingerprint density at radius 2 is 1.62 bits per heavy atom. The number of nitrogens with zero attached hydrogens (tertiary/aromatic N) is 5. The molecule has 4 saturated heterocycles. The molecule has 2 aromatic rings. The molecule has 0 bridgehead atoms. The molecule has 1 aromatic heterocycles. The first-order chi connectivity index (χ1) is 35.8. The van der Waals surface area contributed by atoms with Crippen molar-refractivity contribution >= 4 is 5.97 Å². The Labute approximate surface area is 451 Å². The Balaban J connectivity index is 1.25. The van der Waals surface area contributed by atoms with Gasteiger partial charge in [-0.2, -0.15) is 0 Å². The summed E-state index contributed by atoms with van der Waals surface area (Å²) in [6, 6.07) is 6.35. The van der Waals surface area contributed by atoms with Gasteiger partial charge in [0.05, 0.1) is 47.2 Å². The molecule has 4 aliphatic heterocycles. The Morgan fingerprint density at radius 3 is 2.24 bits per heavy atom. The highest BCUT2D eigenvalue weighted by molar-refractivity contribution is 5.73. The lowest BCUT2D eigenvalue weighted by molar-refractivity contribution is -0.318. The van der Waals surface area contributed by atoms with Crippen LogP contribution < -0.4 is 0 Å². The number of halogens is 1. The molecule has 76 heavy (non-hydrogen) atoms. The first-order valence-electron chi connectivity index (χ1n) is 27.7. The first-order valence-corrected chi connectivity index (χ1v) is 27.7. The molecular weight excluding hydrogens is 986 g/mol. The van der Waals surface area contributed by atoms with E-state index in [1.54, 1.807) is 61.8 Å². The molecule has 0 amide bonds. The molecule has 4 aliphatic rings. The van der Waals surface area contributed by atoms with Gasteiger partial charge >= 0.3 is 5.97 Å². The minimum Gasteiger partial charge on any atom is -0.459 e. The number of aromatic nitrogens is 3. The summed E-state index contributed by atoms with van der Waals surface area (Å²) in [6.45, 7) is 19.1. The smallest absolute Gasteiger partial charge is 0.311 e. The second-order valence-corrected chi connectivity index (χ2v) is 23.6. The van der Waals surface area contributed by atoms with Crippen LogP contribution in [0.4, 0.5) is 4.39 Å². The van der Waals surface area contributed by atoms with Crippen molar-refractivity contribution in [1.82, 2.24) is 24.8 Å². The van der Waals surface area contributed by atoms with Crippen molar-refractivity contribution in [2.24, 2.45) is 17.8 Å².